The van der Waals surface area contributed by atoms with Gasteiger partial charge in [-0.2, -0.15) is 0 Å². The fourth-order valence-electron chi connectivity index (χ4n) is 3.81. The highest BCUT2D eigenvalue weighted by Gasteiger charge is 2.19. The molecular weight excluding hydrogens is 380 g/mol. The highest BCUT2D eigenvalue weighted by molar-refractivity contribution is 5.88. The number of piperazine rings is 1. The summed E-state index contributed by atoms with van der Waals surface area (Å²) in [5, 5.41) is 24.7. The second-order valence-electron chi connectivity index (χ2n) is 7.59. The first-order chi connectivity index (χ1) is 14.6. The van der Waals surface area contributed by atoms with Gasteiger partial charge in [-0.1, -0.05) is 42.5 Å². The van der Waals surface area contributed by atoms with Gasteiger partial charge in [0.15, 0.2) is 0 Å². The Hall–Kier alpha value is -2.93. The molecule has 1 aliphatic heterocycles. The number of nitrogens with zero attached hydrogens (tertiary/aromatic N) is 1. The Morgan fingerprint density at radius 2 is 1.87 bits per heavy atom. The number of fused-ring (bicyclic) bond motifs is 1. The van der Waals surface area contributed by atoms with Gasteiger partial charge in [0, 0.05) is 19.6 Å². The fourth-order valence-corrected chi connectivity index (χ4v) is 3.81. The highest BCUT2D eigenvalue weighted by atomic mass is 16.5. The molecule has 30 heavy (non-hydrogen) atoms. The number of hydrogen-bond donors (Lipinski definition) is 3. The third kappa shape index (κ3) is 4.79. The molecule has 1 amide bonds. The Morgan fingerprint density at radius 3 is 2.70 bits per heavy atom. The van der Waals surface area contributed by atoms with Crippen LogP contribution < -0.4 is 10.1 Å². The predicted octanol–water partition coefficient (Wildman–Crippen LogP) is 2.17. The van der Waals surface area contributed by atoms with E-state index in [1.807, 2.05) is 59.5 Å². The summed E-state index contributed by atoms with van der Waals surface area (Å²) in [6.45, 7) is 2.25. The lowest BCUT2D eigenvalue weighted by Crippen LogP contribution is -2.50. The van der Waals surface area contributed by atoms with Crippen molar-refractivity contribution in [3.05, 3.63) is 66.2 Å². The molecule has 0 bridgehead atoms. The van der Waals surface area contributed by atoms with E-state index in [2.05, 4.69) is 11.4 Å². The van der Waals surface area contributed by atoms with Crippen LogP contribution in [0.25, 0.3) is 21.9 Å². The lowest BCUT2D eigenvalue weighted by Gasteiger charge is -2.28. The molecule has 0 aromatic heterocycles. The first-order valence-electron chi connectivity index (χ1n) is 10.2. The second-order valence-corrected chi connectivity index (χ2v) is 7.59. The second kappa shape index (κ2) is 9.26. The number of β-amino-alcohol motifs (C(OH)–C–C–N with tert-alkyl or cyclic N) is 1. The van der Waals surface area contributed by atoms with Crippen molar-refractivity contribution >= 4 is 16.7 Å². The number of carbonyl (C=O) groups excluding carboxylic acids is 1. The van der Waals surface area contributed by atoms with Crippen LogP contribution in [0.2, 0.25) is 0 Å². The molecule has 1 saturated heterocycles. The molecule has 6 nitrogen and oxygen atoms in total. The van der Waals surface area contributed by atoms with Gasteiger partial charge in [-0.25, -0.2) is 0 Å². The van der Waals surface area contributed by atoms with Gasteiger partial charge < -0.3 is 20.3 Å². The van der Waals surface area contributed by atoms with Crippen LogP contribution in [0.3, 0.4) is 0 Å². The number of hydrogen-bond acceptors (Lipinski definition) is 5. The summed E-state index contributed by atoms with van der Waals surface area (Å²) in [5.74, 6) is 0.686. The lowest BCUT2D eigenvalue weighted by molar-refractivity contribution is -0.124. The molecule has 1 heterocycles. The van der Waals surface area contributed by atoms with Crippen molar-refractivity contribution in [2.45, 2.75) is 12.7 Å². The molecule has 0 radical (unpaired) electrons. The van der Waals surface area contributed by atoms with E-state index in [1.165, 1.54) is 0 Å². The summed E-state index contributed by atoms with van der Waals surface area (Å²) in [4.78, 5) is 13.4. The average molecular weight is 406 g/mol. The summed E-state index contributed by atoms with van der Waals surface area (Å²) < 4.78 is 5.79. The molecule has 1 fully saturated rings. The molecule has 0 saturated carbocycles. The van der Waals surface area contributed by atoms with Crippen LogP contribution in [-0.2, 0) is 11.4 Å². The van der Waals surface area contributed by atoms with Gasteiger partial charge in [0.25, 0.3) is 0 Å². The molecule has 156 valence electrons. The number of aliphatic hydroxyl groups is 2. The van der Waals surface area contributed by atoms with E-state index in [9.17, 15) is 15.0 Å². The van der Waals surface area contributed by atoms with Gasteiger partial charge in [0.1, 0.15) is 18.5 Å². The summed E-state index contributed by atoms with van der Waals surface area (Å²) in [7, 11) is 0. The molecular formula is C24H26N2O4. The maximum absolute atomic E-state index is 11.4. The molecule has 0 spiro atoms. The summed E-state index contributed by atoms with van der Waals surface area (Å²) in [6.07, 6.45) is -0.663. The van der Waals surface area contributed by atoms with Crippen LogP contribution >= 0.6 is 0 Å². The topological polar surface area (TPSA) is 82.0 Å². The lowest BCUT2D eigenvalue weighted by atomic mass is 9.97. The van der Waals surface area contributed by atoms with Crippen molar-refractivity contribution < 1.29 is 19.7 Å². The van der Waals surface area contributed by atoms with Crippen molar-refractivity contribution in [3.8, 4) is 16.9 Å². The van der Waals surface area contributed by atoms with Crippen molar-refractivity contribution in [1.29, 1.82) is 0 Å². The maximum Gasteiger partial charge on any atom is 0.234 e. The van der Waals surface area contributed by atoms with Crippen LogP contribution in [0.1, 0.15) is 5.56 Å². The Labute approximate surface area is 175 Å². The molecule has 1 atom stereocenters. The molecule has 3 N–H and O–H groups in total. The standard InChI is InChI=1S/C24H26N2O4/c27-15-20-3-1-2-4-23(20)19-6-5-18-12-22(8-7-17(18)11-19)30-16-21(28)13-26-10-9-25-24(29)14-26/h1-8,11-12,21,27-28H,9-10,13-16H2,(H,25,29). The van der Waals surface area contributed by atoms with Crippen LogP contribution in [0, 0.1) is 0 Å². The van der Waals surface area contributed by atoms with E-state index in [0.717, 1.165) is 34.0 Å². The monoisotopic (exact) mass is 406 g/mol. The zero-order chi connectivity index (χ0) is 20.9. The van der Waals surface area contributed by atoms with E-state index >= 15 is 0 Å². The predicted molar refractivity (Wildman–Crippen MR) is 116 cm³/mol. The minimum Gasteiger partial charge on any atom is -0.491 e. The van der Waals surface area contributed by atoms with E-state index in [-0.39, 0.29) is 19.1 Å². The van der Waals surface area contributed by atoms with Gasteiger partial charge in [-0.05, 0) is 45.7 Å². The zero-order valence-corrected chi connectivity index (χ0v) is 16.8. The minimum atomic E-state index is -0.663. The largest absolute Gasteiger partial charge is 0.491 e. The van der Waals surface area contributed by atoms with Crippen LogP contribution in [0.5, 0.6) is 5.75 Å². The number of ether oxygens (including phenoxy) is 1. The van der Waals surface area contributed by atoms with E-state index in [1.54, 1.807) is 0 Å². The maximum atomic E-state index is 11.4. The quantitative estimate of drug-likeness (QED) is 0.560. The number of aliphatic hydroxyl groups excluding tert-OH is 2. The zero-order valence-electron chi connectivity index (χ0n) is 16.8. The molecule has 1 aliphatic rings. The Balaban J connectivity index is 1.42. The number of rotatable bonds is 7. The van der Waals surface area contributed by atoms with Crippen molar-refractivity contribution in [2.24, 2.45) is 0 Å². The van der Waals surface area contributed by atoms with E-state index in [4.69, 9.17) is 4.74 Å². The van der Waals surface area contributed by atoms with Crippen molar-refractivity contribution in [2.75, 3.05) is 32.8 Å². The Morgan fingerprint density at radius 1 is 1.07 bits per heavy atom. The van der Waals surface area contributed by atoms with Gasteiger partial charge in [0.2, 0.25) is 5.91 Å². The summed E-state index contributed by atoms with van der Waals surface area (Å²) >= 11 is 0. The normalized spacial score (nSPS) is 15.7. The molecule has 6 heteroatoms. The van der Waals surface area contributed by atoms with Gasteiger partial charge in [-0.3, -0.25) is 9.69 Å². The van der Waals surface area contributed by atoms with Crippen LogP contribution in [0.4, 0.5) is 0 Å². The van der Waals surface area contributed by atoms with Gasteiger partial charge >= 0.3 is 0 Å². The number of nitrogens with one attached hydrogen (secondary N) is 1. The van der Waals surface area contributed by atoms with Gasteiger partial charge in [-0.15, -0.1) is 0 Å². The number of amides is 1. The Kier molecular flexibility index (Phi) is 6.28. The fraction of sp³-hybridized carbons (Fsp3) is 0.292. The molecule has 3 aromatic carbocycles. The minimum absolute atomic E-state index is 0.00537. The highest BCUT2D eigenvalue weighted by Crippen LogP contribution is 2.29. The van der Waals surface area contributed by atoms with Crippen LogP contribution in [0.15, 0.2) is 60.7 Å². The van der Waals surface area contributed by atoms with Gasteiger partial charge in [0.05, 0.1) is 13.2 Å². The molecule has 3 aromatic rings. The molecule has 0 aliphatic carbocycles. The summed E-state index contributed by atoms with van der Waals surface area (Å²) in [5.41, 5.74) is 2.98. The first kappa shape index (κ1) is 20.3. The van der Waals surface area contributed by atoms with Crippen LogP contribution in [-0.4, -0.2) is 59.9 Å². The first-order valence-corrected chi connectivity index (χ1v) is 10.2. The smallest absolute Gasteiger partial charge is 0.234 e. The third-order valence-corrected chi connectivity index (χ3v) is 5.34. The average Bonchev–Trinajstić information content (AvgIpc) is 2.77. The van der Waals surface area contributed by atoms with E-state index in [0.29, 0.717) is 25.4 Å². The Bertz CT molecular complexity index is 1040. The van der Waals surface area contributed by atoms with Crippen molar-refractivity contribution in [3.63, 3.8) is 0 Å². The summed E-state index contributed by atoms with van der Waals surface area (Å²) in [6, 6.07) is 19.9. The molecule has 4 rings (SSSR count). The SMILES string of the molecule is O=C1CN(CC(O)COc2ccc3cc(-c4ccccc4CO)ccc3c2)CCN1. The third-order valence-electron chi connectivity index (χ3n) is 5.34. The molecule has 1 unspecified atom stereocenters. The van der Waals surface area contributed by atoms with E-state index < -0.39 is 6.10 Å². The number of carbonyl (C=O) groups is 1. The van der Waals surface area contributed by atoms with Crippen molar-refractivity contribution in [1.82, 2.24) is 10.2 Å². The number of benzene rings is 3.